The first-order valence-corrected chi connectivity index (χ1v) is 9.76. The highest BCUT2D eigenvalue weighted by atomic mass is 35.5. The lowest BCUT2D eigenvalue weighted by molar-refractivity contribution is -0.123. The van der Waals surface area contributed by atoms with Gasteiger partial charge < -0.3 is 10.1 Å². The Kier molecular flexibility index (Phi) is 5.02. The maximum absolute atomic E-state index is 12.5. The van der Waals surface area contributed by atoms with E-state index in [1.165, 1.54) is 16.2 Å². The number of benzene rings is 2. The van der Waals surface area contributed by atoms with Gasteiger partial charge in [-0.25, -0.2) is 4.98 Å². The second kappa shape index (κ2) is 7.61. The Morgan fingerprint density at radius 3 is 2.79 bits per heavy atom. The van der Waals surface area contributed by atoms with Gasteiger partial charge >= 0.3 is 0 Å². The minimum absolute atomic E-state index is 0.0820. The van der Waals surface area contributed by atoms with E-state index in [4.69, 9.17) is 16.3 Å². The van der Waals surface area contributed by atoms with Crippen molar-refractivity contribution in [2.75, 3.05) is 23.4 Å². The molecule has 0 fully saturated rings. The van der Waals surface area contributed by atoms with Crippen molar-refractivity contribution in [2.45, 2.75) is 6.92 Å². The summed E-state index contributed by atoms with van der Waals surface area (Å²) >= 11 is 7.32. The van der Waals surface area contributed by atoms with Gasteiger partial charge in [-0.05, 0) is 31.2 Å². The summed E-state index contributed by atoms with van der Waals surface area (Å²) in [6.07, 6.45) is 0. The molecule has 0 saturated heterocycles. The summed E-state index contributed by atoms with van der Waals surface area (Å²) in [4.78, 5) is 31.7. The molecule has 0 bridgehead atoms. The Bertz CT molecular complexity index is 1050. The van der Waals surface area contributed by atoms with E-state index >= 15 is 0 Å². The van der Waals surface area contributed by atoms with Crippen LogP contribution < -0.4 is 15.0 Å². The van der Waals surface area contributed by atoms with Crippen molar-refractivity contribution in [3.05, 3.63) is 58.4 Å². The molecule has 4 rings (SSSR count). The molecule has 0 aliphatic carbocycles. The maximum Gasteiger partial charge on any atom is 0.265 e. The van der Waals surface area contributed by atoms with Crippen molar-refractivity contribution in [2.24, 2.45) is 0 Å². The zero-order valence-electron chi connectivity index (χ0n) is 14.9. The number of aromatic nitrogens is 1. The number of halogens is 1. The number of nitrogens with one attached hydrogen (secondary N) is 1. The average molecular weight is 414 g/mol. The topological polar surface area (TPSA) is 71.5 Å². The molecule has 1 aliphatic rings. The van der Waals surface area contributed by atoms with Crippen LogP contribution in [0, 0.1) is 6.92 Å². The molecule has 1 aliphatic heterocycles. The zero-order chi connectivity index (χ0) is 19.7. The zero-order valence-corrected chi connectivity index (χ0v) is 16.5. The molecule has 2 heterocycles. The van der Waals surface area contributed by atoms with Gasteiger partial charge in [-0.2, -0.15) is 0 Å². The number of anilines is 2. The lowest BCUT2D eigenvalue weighted by Crippen LogP contribution is -2.43. The molecule has 6 nitrogen and oxygen atoms in total. The Labute approximate surface area is 170 Å². The van der Waals surface area contributed by atoms with Gasteiger partial charge in [-0.1, -0.05) is 35.9 Å². The first kappa shape index (κ1) is 18.5. The fraction of sp³-hybridized carbons (Fsp3) is 0.150. The van der Waals surface area contributed by atoms with E-state index in [0.29, 0.717) is 21.6 Å². The number of rotatable bonds is 4. The van der Waals surface area contributed by atoms with E-state index in [2.05, 4.69) is 10.3 Å². The molecule has 1 aromatic heterocycles. The first-order chi connectivity index (χ1) is 13.5. The quantitative estimate of drug-likeness (QED) is 0.697. The number of ether oxygens (including phenoxy) is 1. The number of hydrogen-bond acceptors (Lipinski definition) is 5. The molecule has 28 heavy (non-hydrogen) atoms. The number of hydrogen-bond donors (Lipinski definition) is 1. The maximum atomic E-state index is 12.5. The van der Waals surface area contributed by atoms with Crippen molar-refractivity contribution in [3.8, 4) is 17.0 Å². The van der Waals surface area contributed by atoms with Crippen molar-refractivity contribution < 1.29 is 14.3 Å². The summed E-state index contributed by atoms with van der Waals surface area (Å²) in [5.41, 5.74) is 2.31. The Balaban J connectivity index is 1.50. The summed E-state index contributed by atoms with van der Waals surface area (Å²) in [7, 11) is 0. The predicted octanol–water partition coefficient (Wildman–Crippen LogP) is 4.14. The van der Waals surface area contributed by atoms with Crippen LogP contribution in [0.3, 0.4) is 0 Å². The summed E-state index contributed by atoms with van der Waals surface area (Å²) in [6, 6.07) is 14.5. The lowest BCUT2D eigenvalue weighted by atomic mass is 10.1. The van der Waals surface area contributed by atoms with Crippen LogP contribution in [-0.2, 0) is 9.59 Å². The van der Waals surface area contributed by atoms with Gasteiger partial charge in [-0.3, -0.25) is 14.5 Å². The van der Waals surface area contributed by atoms with Crippen LogP contribution in [-0.4, -0.2) is 29.9 Å². The molecule has 2 amide bonds. The second-order valence-electron chi connectivity index (χ2n) is 6.22. The van der Waals surface area contributed by atoms with Gasteiger partial charge in [0.2, 0.25) is 5.91 Å². The third-order valence-electron chi connectivity index (χ3n) is 4.27. The highest BCUT2D eigenvalue weighted by Crippen LogP contribution is 2.33. The van der Waals surface area contributed by atoms with E-state index in [-0.39, 0.29) is 25.0 Å². The number of carbonyl (C=O) groups is 2. The Morgan fingerprint density at radius 1 is 1.25 bits per heavy atom. The molecule has 0 saturated carbocycles. The van der Waals surface area contributed by atoms with Gasteiger partial charge in [0.15, 0.2) is 11.7 Å². The molecule has 142 valence electrons. The molecule has 0 atom stereocenters. The van der Waals surface area contributed by atoms with Crippen molar-refractivity contribution >= 4 is 45.6 Å². The smallest absolute Gasteiger partial charge is 0.265 e. The van der Waals surface area contributed by atoms with E-state index in [9.17, 15) is 9.59 Å². The van der Waals surface area contributed by atoms with Crippen LogP contribution in [0.4, 0.5) is 10.8 Å². The molecule has 0 unspecified atom stereocenters. The van der Waals surface area contributed by atoms with E-state index in [1.54, 1.807) is 30.3 Å². The summed E-state index contributed by atoms with van der Waals surface area (Å²) in [5.74, 6) is 0.0116. The van der Waals surface area contributed by atoms with E-state index in [0.717, 1.165) is 16.1 Å². The van der Waals surface area contributed by atoms with Gasteiger partial charge in [0.05, 0.1) is 11.4 Å². The van der Waals surface area contributed by atoms with E-state index < -0.39 is 0 Å². The number of amides is 2. The van der Waals surface area contributed by atoms with Crippen molar-refractivity contribution in [3.63, 3.8) is 0 Å². The molecular weight excluding hydrogens is 398 g/mol. The molecule has 2 aromatic carbocycles. The van der Waals surface area contributed by atoms with Crippen molar-refractivity contribution in [1.29, 1.82) is 0 Å². The van der Waals surface area contributed by atoms with Crippen molar-refractivity contribution in [1.82, 2.24) is 4.98 Å². The van der Waals surface area contributed by atoms with Crippen LogP contribution in [0.1, 0.15) is 4.88 Å². The Morgan fingerprint density at radius 2 is 2.00 bits per heavy atom. The SMILES string of the molecule is Cc1sc(NC(=O)CN2C(=O)COc3ccccc32)nc1-c1ccc(Cl)cc1. The second-order valence-corrected chi connectivity index (χ2v) is 7.85. The molecular formula is C20H16ClN3O3S. The van der Waals surface area contributed by atoms with Crippen LogP contribution in [0.15, 0.2) is 48.5 Å². The van der Waals surface area contributed by atoms with Gasteiger partial charge in [0.25, 0.3) is 5.91 Å². The summed E-state index contributed by atoms with van der Waals surface area (Å²) in [6.45, 7) is 1.76. The molecule has 3 aromatic rings. The van der Waals surface area contributed by atoms with Gasteiger partial charge in [-0.15, -0.1) is 11.3 Å². The monoisotopic (exact) mass is 413 g/mol. The minimum atomic E-state index is -0.318. The molecule has 0 radical (unpaired) electrons. The number of aryl methyl sites for hydroxylation is 1. The standard InChI is InChI=1S/C20H16ClN3O3S/c1-12-19(13-6-8-14(21)9-7-13)23-20(28-12)22-17(25)10-24-15-4-2-3-5-16(15)27-11-18(24)26/h2-9H,10-11H2,1H3,(H,22,23,25). The molecule has 1 N–H and O–H groups in total. The number of nitrogens with zero attached hydrogens (tertiary/aromatic N) is 2. The largest absolute Gasteiger partial charge is 0.482 e. The summed E-state index contributed by atoms with van der Waals surface area (Å²) < 4.78 is 5.40. The van der Waals surface area contributed by atoms with Gasteiger partial charge in [0.1, 0.15) is 12.3 Å². The lowest BCUT2D eigenvalue weighted by Gasteiger charge is -2.28. The number of carbonyl (C=O) groups excluding carboxylic acids is 2. The first-order valence-electron chi connectivity index (χ1n) is 8.56. The van der Waals surface area contributed by atoms with Crippen LogP contribution in [0.5, 0.6) is 5.75 Å². The molecule has 8 heteroatoms. The number of para-hydroxylation sites is 2. The fourth-order valence-corrected chi connectivity index (χ4v) is 3.93. The van der Waals surface area contributed by atoms with E-state index in [1.807, 2.05) is 25.1 Å². The predicted molar refractivity (Wildman–Crippen MR) is 110 cm³/mol. The average Bonchev–Trinajstić information content (AvgIpc) is 3.04. The molecule has 0 spiro atoms. The van der Waals surface area contributed by atoms with Crippen LogP contribution in [0.2, 0.25) is 5.02 Å². The van der Waals surface area contributed by atoms with Gasteiger partial charge in [0, 0.05) is 15.5 Å². The summed E-state index contributed by atoms with van der Waals surface area (Å²) in [5, 5.41) is 3.93. The van der Waals surface area contributed by atoms with Crippen LogP contribution >= 0.6 is 22.9 Å². The minimum Gasteiger partial charge on any atom is -0.482 e. The third-order valence-corrected chi connectivity index (χ3v) is 5.41. The normalized spacial score (nSPS) is 13.1. The highest BCUT2D eigenvalue weighted by Gasteiger charge is 2.27. The van der Waals surface area contributed by atoms with Crippen LogP contribution in [0.25, 0.3) is 11.3 Å². The number of fused-ring (bicyclic) bond motifs is 1. The number of thiazole rings is 1. The third kappa shape index (κ3) is 3.72. The Hall–Kier alpha value is -2.90. The highest BCUT2D eigenvalue weighted by molar-refractivity contribution is 7.16. The fourth-order valence-electron chi connectivity index (χ4n) is 2.96.